The van der Waals surface area contributed by atoms with Gasteiger partial charge in [0.25, 0.3) is 0 Å². The van der Waals surface area contributed by atoms with Crippen LogP contribution >= 0.6 is 0 Å². The van der Waals surface area contributed by atoms with E-state index in [9.17, 15) is 16.8 Å². The molecule has 6 heteroatoms. The number of sulfone groups is 2. The lowest BCUT2D eigenvalue weighted by atomic mass is 10.1. The fraction of sp³-hybridized carbons (Fsp3) is 0.333. The maximum atomic E-state index is 12.6. The Morgan fingerprint density at radius 3 is 2.48 bits per heavy atom. The second-order valence-corrected chi connectivity index (χ2v) is 9.16. The molecule has 2 rings (SSSR count). The van der Waals surface area contributed by atoms with Crippen molar-refractivity contribution in [2.75, 3.05) is 0 Å². The van der Waals surface area contributed by atoms with Gasteiger partial charge in [0.1, 0.15) is 5.25 Å². The van der Waals surface area contributed by atoms with Gasteiger partial charge in [-0.15, -0.1) is 6.58 Å². The molecule has 0 amide bonds. The van der Waals surface area contributed by atoms with Crippen LogP contribution < -0.4 is 0 Å². The first-order valence-corrected chi connectivity index (χ1v) is 9.87. The van der Waals surface area contributed by atoms with Crippen LogP contribution in [-0.2, 0) is 19.7 Å². The van der Waals surface area contributed by atoms with E-state index in [0.717, 1.165) is 5.41 Å². The maximum absolute atomic E-state index is 12.6. The van der Waals surface area contributed by atoms with Gasteiger partial charge in [-0.05, 0) is 31.4 Å². The highest BCUT2D eigenvalue weighted by atomic mass is 32.2. The fourth-order valence-electron chi connectivity index (χ4n) is 2.46. The van der Waals surface area contributed by atoms with Crippen LogP contribution in [0.2, 0.25) is 0 Å². The van der Waals surface area contributed by atoms with Gasteiger partial charge in [0, 0.05) is 5.41 Å². The third-order valence-corrected chi connectivity index (χ3v) is 7.79. The molecule has 2 unspecified atom stereocenters. The van der Waals surface area contributed by atoms with Crippen LogP contribution in [0.25, 0.3) is 0 Å². The zero-order chi connectivity index (χ0) is 15.5. The molecule has 4 nitrogen and oxygen atoms in total. The SMILES string of the molecule is C=CCCCC1C(S(=O)(=O)c2ccccc2)C=CS1(=O)=O. The van der Waals surface area contributed by atoms with E-state index in [1.165, 1.54) is 18.2 Å². The zero-order valence-electron chi connectivity index (χ0n) is 11.6. The molecule has 0 radical (unpaired) electrons. The Morgan fingerprint density at radius 1 is 1.19 bits per heavy atom. The smallest absolute Gasteiger partial charge is 0.186 e. The Labute approximate surface area is 126 Å². The molecule has 0 aromatic heterocycles. The molecule has 0 saturated carbocycles. The van der Waals surface area contributed by atoms with Crippen molar-refractivity contribution in [1.29, 1.82) is 0 Å². The van der Waals surface area contributed by atoms with E-state index in [1.54, 1.807) is 24.3 Å². The molecule has 0 saturated heterocycles. The standard InChI is InChI=1S/C15H18O4S2/c1-2-3-5-10-14-15(11-12-20(14,16)17)21(18,19)13-8-6-4-7-9-13/h2,4,6-9,11-12,14-15H,1,3,5,10H2. The van der Waals surface area contributed by atoms with Crippen LogP contribution in [-0.4, -0.2) is 27.3 Å². The number of allylic oxidation sites excluding steroid dienone is 1. The number of rotatable bonds is 6. The molecule has 0 N–H and O–H groups in total. The van der Waals surface area contributed by atoms with Gasteiger partial charge in [-0.1, -0.05) is 30.4 Å². The zero-order valence-corrected chi connectivity index (χ0v) is 13.2. The molecule has 1 aliphatic rings. The molecular formula is C15H18O4S2. The minimum atomic E-state index is -3.69. The molecule has 1 heterocycles. The minimum Gasteiger partial charge on any atom is -0.224 e. The van der Waals surface area contributed by atoms with Crippen LogP contribution in [0, 0.1) is 0 Å². The molecule has 114 valence electrons. The van der Waals surface area contributed by atoms with Gasteiger partial charge in [-0.2, -0.15) is 0 Å². The van der Waals surface area contributed by atoms with Crippen molar-refractivity contribution in [1.82, 2.24) is 0 Å². The normalized spacial score (nSPS) is 24.0. The first-order valence-electron chi connectivity index (χ1n) is 6.71. The molecular weight excluding hydrogens is 308 g/mol. The first-order chi connectivity index (χ1) is 9.89. The van der Waals surface area contributed by atoms with Gasteiger partial charge >= 0.3 is 0 Å². The Kier molecular flexibility index (Phi) is 4.68. The second-order valence-electron chi connectivity index (χ2n) is 5.00. The van der Waals surface area contributed by atoms with E-state index >= 15 is 0 Å². The van der Waals surface area contributed by atoms with Gasteiger partial charge in [-0.25, -0.2) is 16.8 Å². The second kappa shape index (κ2) is 6.15. The van der Waals surface area contributed by atoms with E-state index in [4.69, 9.17) is 0 Å². The minimum absolute atomic E-state index is 0.158. The van der Waals surface area contributed by atoms with Crippen LogP contribution in [0.4, 0.5) is 0 Å². The lowest BCUT2D eigenvalue weighted by Crippen LogP contribution is -2.33. The third-order valence-electron chi connectivity index (χ3n) is 3.57. The van der Waals surface area contributed by atoms with Crippen LogP contribution in [0.15, 0.2) is 59.4 Å². The van der Waals surface area contributed by atoms with Crippen molar-refractivity contribution in [3.05, 3.63) is 54.5 Å². The van der Waals surface area contributed by atoms with Gasteiger partial charge in [0.2, 0.25) is 0 Å². The number of benzene rings is 1. The largest absolute Gasteiger partial charge is 0.224 e. The Bertz CT molecular complexity index is 731. The summed E-state index contributed by atoms with van der Waals surface area (Å²) in [7, 11) is -7.19. The highest BCUT2D eigenvalue weighted by molar-refractivity contribution is 7.98. The lowest BCUT2D eigenvalue weighted by molar-refractivity contribution is 0.560. The average molecular weight is 326 g/mol. The maximum Gasteiger partial charge on any atom is 0.186 e. The summed E-state index contributed by atoms with van der Waals surface area (Å²) < 4.78 is 49.4. The van der Waals surface area contributed by atoms with Crippen LogP contribution in [0.5, 0.6) is 0 Å². The molecule has 0 spiro atoms. The van der Waals surface area contributed by atoms with E-state index in [0.29, 0.717) is 19.3 Å². The number of unbranched alkanes of at least 4 members (excludes halogenated alkanes) is 1. The van der Waals surface area contributed by atoms with Crippen LogP contribution in [0.3, 0.4) is 0 Å². The third kappa shape index (κ3) is 3.27. The highest BCUT2D eigenvalue weighted by Gasteiger charge is 2.43. The van der Waals surface area contributed by atoms with Gasteiger partial charge < -0.3 is 0 Å². The topological polar surface area (TPSA) is 68.3 Å². The van der Waals surface area contributed by atoms with Crippen molar-refractivity contribution in [3.8, 4) is 0 Å². The van der Waals surface area contributed by atoms with Gasteiger partial charge in [-0.3, -0.25) is 0 Å². The van der Waals surface area contributed by atoms with E-state index < -0.39 is 30.2 Å². The van der Waals surface area contributed by atoms with Crippen molar-refractivity contribution < 1.29 is 16.8 Å². The molecule has 1 aliphatic heterocycles. The number of hydrogen-bond donors (Lipinski definition) is 0. The molecule has 1 aromatic carbocycles. The average Bonchev–Trinajstić information content (AvgIpc) is 2.76. The fourth-order valence-corrected chi connectivity index (χ4v) is 6.69. The summed E-state index contributed by atoms with van der Waals surface area (Å²) in [5.74, 6) is 0. The predicted octanol–water partition coefficient (Wildman–Crippen LogP) is 2.50. The summed E-state index contributed by atoms with van der Waals surface area (Å²) in [4.78, 5) is 0.158. The van der Waals surface area contributed by atoms with E-state index in [1.807, 2.05) is 0 Å². The molecule has 1 aromatic rings. The monoisotopic (exact) mass is 326 g/mol. The first kappa shape index (κ1) is 16.0. The van der Waals surface area contributed by atoms with Crippen molar-refractivity contribution in [2.24, 2.45) is 0 Å². The Morgan fingerprint density at radius 2 is 1.86 bits per heavy atom. The number of hydrogen-bond acceptors (Lipinski definition) is 4. The van der Waals surface area contributed by atoms with E-state index in [2.05, 4.69) is 6.58 Å². The summed E-state index contributed by atoms with van der Waals surface area (Å²) in [5.41, 5.74) is 0. The Balaban J connectivity index is 2.33. The summed E-state index contributed by atoms with van der Waals surface area (Å²) >= 11 is 0. The quantitative estimate of drug-likeness (QED) is 0.595. The highest BCUT2D eigenvalue weighted by Crippen LogP contribution is 2.31. The van der Waals surface area contributed by atoms with Gasteiger partial charge in [0.15, 0.2) is 19.7 Å². The molecule has 21 heavy (non-hydrogen) atoms. The van der Waals surface area contributed by atoms with Gasteiger partial charge in [0.05, 0.1) is 10.1 Å². The van der Waals surface area contributed by atoms with Crippen molar-refractivity contribution >= 4 is 19.7 Å². The summed E-state index contributed by atoms with van der Waals surface area (Å²) in [6.07, 6.45) is 4.60. The molecule has 0 bridgehead atoms. The predicted molar refractivity (Wildman–Crippen MR) is 83.3 cm³/mol. The summed E-state index contributed by atoms with van der Waals surface area (Å²) in [5, 5.41) is -0.867. The Hall–Kier alpha value is -1.40. The molecule has 0 aliphatic carbocycles. The molecule has 0 fully saturated rings. The summed E-state index contributed by atoms with van der Waals surface area (Å²) in [6.45, 7) is 3.59. The molecule has 2 atom stereocenters. The lowest BCUT2D eigenvalue weighted by Gasteiger charge is -2.18. The van der Waals surface area contributed by atoms with Crippen molar-refractivity contribution in [3.63, 3.8) is 0 Å². The summed E-state index contributed by atoms with van der Waals surface area (Å²) in [6, 6.07) is 7.98. The van der Waals surface area contributed by atoms with E-state index in [-0.39, 0.29) is 4.90 Å². The van der Waals surface area contributed by atoms with Crippen molar-refractivity contribution in [2.45, 2.75) is 34.7 Å². The van der Waals surface area contributed by atoms with Crippen LogP contribution in [0.1, 0.15) is 19.3 Å².